The Hall–Kier alpha value is -1.52. The van der Waals surface area contributed by atoms with Crippen LogP contribution in [0.3, 0.4) is 0 Å². The van der Waals surface area contributed by atoms with E-state index in [2.05, 4.69) is 0 Å². The zero-order chi connectivity index (χ0) is 13.3. The fraction of sp³-hybridized carbons (Fsp3) is 0.0769. The van der Waals surface area contributed by atoms with Crippen LogP contribution in [0.4, 0.5) is 5.69 Å². The van der Waals surface area contributed by atoms with Gasteiger partial charge in [0.25, 0.3) is 0 Å². The number of benzene rings is 2. The molecule has 0 saturated carbocycles. The van der Waals surface area contributed by atoms with Crippen molar-refractivity contribution in [1.82, 2.24) is 0 Å². The zero-order valence-electron chi connectivity index (χ0n) is 9.72. The summed E-state index contributed by atoms with van der Waals surface area (Å²) in [6.45, 7) is 0. The molecule has 0 aromatic heterocycles. The summed E-state index contributed by atoms with van der Waals surface area (Å²) in [5.74, 6) is 0. The SMILES string of the molecule is CS(=O)(=O)c1ccc(-c2cccc(Cl)c2)c(N)c1. The number of halogens is 1. The van der Waals surface area contributed by atoms with Crippen LogP contribution >= 0.6 is 11.6 Å². The fourth-order valence-electron chi connectivity index (χ4n) is 1.69. The highest BCUT2D eigenvalue weighted by molar-refractivity contribution is 7.90. The van der Waals surface area contributed by atoms with Crippen LogP contribution in [0.5, 0.6) is 0 Å². The minimum absolute atomic E-state index is 0.214. The number of hydrogen-bond acceptors (Lipinski definition) is 3. The van der Waals surface area contributed by atoms with E-state index in [1.54, 1.807) is 24.3 Å². The van der Waals surface area contributed by atoms with Gasteiger partial charge in [0, 0.05) is 22.5 Å². The lowest BCUT2D eigenvalue weighted by molar-refractivity contribution is 0.602. The number of nitrogen functional groups attached to an aromatic ring is 1. The van der Waals surface area contributed by atoms with E-state index < -0.39 is 9.84 Å². The molecule has 0 unspecified atom stereocenters. The van der Waals surface area contributed by atoms with Crippen LogP contribution in [-0.2, 0) is 9.84 Å². The van der Waals surface area contributed by atoms with Crippen LogP contribution in [0, 0.1) is 0 Å². The van der Waals surface area contributed by atoms with Gasteiger partial charge in [0.1, 0.15) is 0 Å². The molecule has 0 spiro atoms. The Labute approximate surface area is 111 Å². The molecule has 0 saturated heterocycles. The molecule has 2 rings (SSSR count). The number of rotatable bonds is 2. The number of sulfone groups is 1. The topological polar surface area (TPSA) is 60.2 Å². The smallest absolute Gasteiger partial charge is 0.175 e. The summed E-state index contributed by atoms with van der Waals surface area (Å²) in [7, 11) is -3.24. The molecule has 3 nitrogen and oxygen atoms in total. The second kappa shape index (κ2) is 4.63. The predicted molar refractivity (Wildman–Crippen MR) is 74.4 cm³/mol. The quantitative estimate of drug-likeness (QED) is 0.861. The van der Waals surface area contributed by atoms with Crippen LogP contribution in [0.25, 0.3) is 11.1 Å². The van der Waals surface area contributed by atoms with Crippen molar-refractivity contribution >= 4 is 27.1 Å². The third-order valence-corrected chi connectivity index (χ3v) is 3.93. The van der Waals surface area contributed by atoms with Crippen molar-refractivity contribution in [1.29, 1.82) is 0 Å². The normalized spacial score (nSPS) is 11.4. The molecule has 5 heteroatoms. The molecule has 0 atom stereocenters. The summed E-state index contributed by atoms with van der Waals surface area (Å²) in [6.07, 6.45) is 1.15. The van der Waals surface area contributed by atoms with Crippen molar-refractivity contribution in [2.75, 3.05) is 12.0 Å². The summed E-state index contributed by atoms with van der Waals surface area (Å²) < 4.78 is 22.8. The summed E-state index contributed by atoms with van der Waals surface area (Å²) >= 11 is 5.91. The third-order valence-electron chi connectivity index (χ3n) is 2.59. The lowest BCUT2D eigenvalue weighted by Crippen LogP contribution is -1.99. The van der Waals surface area contributed by atoms with E-state index in [-0.39, 0.29) is 4.90 Å². The van der Waals surface area contributed by atoms with Crippen LogP contribution < -0.4 is 5.73 Å². The van der Waals surface area contributed by atoms with Gasteiger partial charge in [-0.3, -0.25) is 0 Å². The minimum Gasteiger partial charge on any atom is -0.398 e. The lowest BCUT2D eigenvalue weighted by atomic mass is 10.0. The second-order valence-electron chi connectivity index (χ2n) is 4.03. The zero-order valence-corrected chi connectivity index (χ0v) is 11.3. The molecule has 0 aliphatic rings. The fourth-order valence-corrected chi connectivity index (χ4v) is 2.54. The van der Waals surface area contributed by atoms with Crippen molar-refractivity contribution < 1.29 is 8.42 Å². The van der Waals surface area contributed by atoms with Gasteiger partial charge < -0.3 is 5.73 Å². The van der Waals surface area contributed by atoms with Gasteiger partial charge in [-0.1, -0.05) is 29.8 Å². The molecular formula is C13H12ClNO2S. The van der Waals surface area contributed by atoms with E-state index in [4.69, 9.17) is 17.3 Å². The highest BCUT2D eigenvalue weighted by atomic mass is 35.5. The van der Waals surface area contributed by atoms with Gasteiger partial charge >= 0.3 is 0 Å². The molecule has 0 radical (unpaired) electrons. The molecule has 0 bridgehead atoms. The Morgan fingerprint density at radius 3 is 2.39 bits per heavy atom. The molecular weight excluding hydrogens is 270 g/mol. The first-order valence-electron chi connectivity index (χ1n) is 5.23. The first kappa shape index (κ1) is 12.9. The van der Waals surface area contributed by atoms with Crippen molar-refractivity contribution in [3.8, 4) is 11.1 Å². The molecule has 0 fully saturated rings. The molecule has 2 aromatic carbocycles. The van der Waals surface area contributed by atoms with Crippen LogP contribution in [0.15, 0.2) is 47.4 Å². The molecule has 2 aromatic rings. The maximum atomic E-state index is 11.4. The molecule has 94 valence electrons. The van der Waals surface area contributed by atoms with E-state index >= 15 is 0 Å². The Kier molecular flexibility index (Phi) is 3.32. The van der Waals surface area contributed by atoms with Crippen molar-refractivity contribution in [2.45, 2.75) is 4.90 Å². The van der Waals surface area contributed by atoms with Gasteiger partial charge in [0.05, 0.1) is 4.90 Å². The van der Waals surface area contributed by atoms with Gasteiger partial charge in [0.2, 0.25) is 0 Å². The highest BCUT2D eigenvalue weighted by Crippen LogP contribution is 2.29. The first-order valence-corrected chi connectivity index (χ1v) is 7.50. The average molecular weight is 282 g/mol. The van der Waals surface area contributed by atoms with Crippen molar-refractivity contribution in [3.63, 3.8) is 0 Å². The van der Waals surface area contributed by atoms with Gasteiger partial charge in [-0.25, -0.2) is 8.42 Å². The third kappa shape index (κ3) is 2.66. The van der Waals surface area contributed by atoms with Crippen LogP contribution in [0.1, 0.15) is 0 Å². The summed E-state index contributed by atoms with van der Waals surface area (Å²) in [5, 5.41) is 0.610. The van der Waals surface area contributed by atoms with E-state index in [0.29, 0.717) is 10.7 Å². The van der Waals surface area contributed by atoms with Crippen LogP contribution in [-0.4, -0.2) is 14.7 Å². The van der Waals surface area contributed by atoms with Crippen molar-refractivity contribution in [2.24, 2.45) is 0 Å². The summed E-state index contributed by atoms with van der Waals surface area (Å²) in [5.41, 5.74) is 7.94. The average Bonchev–Trinajstić information content (AvgIpc) is 2.27. The van der Waals surface area contributed by atoms with E-state index in [1.807, 2.05) is 12.1 Å². The first-order chi connectivity index (χ1) is 8.38. The predicted octanol–water partition coefficient (Wildman–Crippen LogP) is 2.99. The van der Waals surface area contributed by atoms with Gasteiger partial charge in [-0.15, -0.1) is 0 Å². The highest BCUT2D eigenvalue weighted by Gasteiger charge is 2.10. The maximum absolute atomic E-state index is 11.4. The Balaban J connectivity index is 2.55. The van der Waals surface area contributed by atoms with E-state index in [9.17, 15) is 8.42 Å². The molecule has 0 aliphatic heterocycles. The lowest BCUT2D eigenvalue weighted by Gasteiger charge is -2.08. The monoisotopic (exact) mass is 281 g/mol. The molecule has 18 heavy (non-hydrogen) atoms. The van der Waals surface area contributed by atoms with Crippen molar-refractivity contribution in [3.05, 3.63) is 47.5 Å². The second-order valence-corrected chi connectivity index (χ2v) is 6.48. The summed E-state index contributed by atoms with van der Waals surface area (Å²) in [6, 6.07) is 11.9. The van der Waals surface area contributed by atoms with Gasteiger partial charge in [-0.2, -0.15) is 0 Å². The van der Waals surface area contributed by atoms with Gasteiger partial charge in [-0.05, 0) is 29.8 Å². The Bertz CT molecular complexity index is 696. The summed E-state index contributed by atoms with van der Waals surface area (Å²) in [4.78, 5) is 0.214. The van der Waals surface area contributed by atoms with Crippen LogP contribution in [0.2, 0.25) is 5.02 Å². The van der Waals surface area contributed by atoms with E-state index in [1.165, 1.54) is 6.07 Å². The largest absolute Gasteiger partial charge is 0.398 e. The Morgan fingerprint density at radius 1 is 1.11 bits per heavy atom. The number of hydrogen-bond donors (Lipinski definition) is 1. The minimum atomic E-state index is -3.24. The maximum Gasteiger partial charge on any atom is 0.175 e. The number of nitrogens with two attached hydrogens (primary N) is 1. The standard InChI is InChI=1S/C13H12ClNO2S/c1-18(16,17)11-5-6-12(13(15)8-11)9-3-2-4-10(14)7-9/h2-8H,15H2,1H3. The molecule has 0 heterocycles. The molecule has 0 amide bonds. The number of anilines is 1. The molecule has 2 N–H and O–H groups in total. The van der Waals surface area contributed by atoms with E-state index in [0.717, 1.165) is 17.4 Å². The van der Waals surface area contributed by atoms with Gasteiger partial charge in [0.15, 0.2) is 9.84 Å². The molecule has 0 aliphatic carbocycles. The Morgan fingerprint density at radius 2 is 1.83 bits per heavy atom.